The van der Waals surface area contributed by atoms with Gasteiger partial charge in [-0.1, -0.05) is 0 Å². The van der Waals surface area contributed by atoms with Crippen molar-refractivity contribution < 1.29 is 13.9 Å². The van der Waals surface area contributed by atoms with E-state index in [1.54, 1.807) is 0 Å². The molecular formula is C11H13FN2O2. The molecule has 86 valence electrons. The summed E-state index contributed by atoms with van der Waals surface area (Å²) in [7, 11) is 0. The molecule has 1 aliphatic heterocycles. The quantitative estimate of drug-likeness (QED) is 0.803. The van der Waals surface area contributed by atoms with Gasteiger partial charge in [0, 0.05) is 12.3 Å². The highest BCUT2D eigenvalue weighted by atomic mass is 19.1. The van der Waals surface area contributed by atoms with Crippen molar-refractivity contribution in [1.29, 1.82) is 0 Å². The van der Waals surface area contributed by atoms with Crippen molar-refractivity contribution in [2.24, 2.45) is 0 Å². The number of benzene rings is 1. The molecule has 4 nitrogen and oxygen atoms in total. The van der Waals surface area contributed by atoms with Gasteiger partial charge in [-0.2, -0.15) is 0 Å². The number of rotatable bonds is 2. The van der Waals surface area contributed by atoms with Crippen LogP contribution in [0.15, 0.2) is 24.3 Å². The Bertz CT molecular complexity index is 361. The fourth-order valence-corrected chi connectivity index (χ4v) is 1.53. The number of hydrogen-bond acceptors (Lipinski definition) is 2. The molecule has 2 amide bonds. The Morgan fingerprint density at radius 3 is 2.75 bits per heavy atom. The topological polar surface area (TPSA) is 50.4 Å². The minimum Gasteiger partial charge on any atom is -0.379 e. The van der Waals surface area contributed by atoms with Crippen molar-refractivity contribution in [3.8, 4) is 0 Å². The highest BCUT2D eigenvalue weighted by Crippen LogP contribution is 2.08. The molecule has 5 heteroatoms. The molecular weight excluding hydrogens is 211 g/mol. The summed E-state index contributed by atoms with van der Waals surface area (Å²) in [6.45, 7) is 1.23. The van der Waals surface area contributed by atoms with Gasteiger partial charge >= 0.3 is 6.03 Å². The third-order valence-corrected chi connectivity index (χ3v) is 2.37. The Hall–Kier alpha value is -1.62. The summed E-state index contributed by atoms with van der Waals surface area (Å²) in [4.78, 5) is 11.5. The summed E-state index contributed by atoms with van der Waals surface area (Å²) in [6.07, 6.45) is 0.830. The fourth-order valence-electron chi connectivity index (χ4n) is 1.53. The minimum atomic E-state index is -0.324. The molecule has 0 spiro atoms. The first-order valence-electron chi connectivity index (χ1n) is 5.15. The second-order valence-electron chi connectivity index (χ2n) is 3.67. The minimum absolute atomic E-state index is 0.0699. The van der Waals surface area contributed by atoms with Crippen LogP contribution in [0.1, 0.15) is 6.42 Å². The zero-order valence-corrected chi connectivity index (χ0v) is 8.70. The number of hydrogen-bond donors (Lipinski definition) is 2. The number of carbonyl (C=O) groups excluding carboxylic acids is 1. The highest BCUT2D eigenvalue weighted by molar-refractivity contribution is 5.89. The second-order valence-corrected chi connectivity index (χ2v) is 3.67. The number of amides is 2. The predicted molar refractivity (Wildman–Crippen MR) is 57.8 cm³/mol. The average molecular weight is 224 g/mol. The fraction of sp³-hybridized carbons (Fsp3) is 0.364. The first kappa shape index (κ1) is 10.9. The molecule has 0 radical (unpaired) electrons. The summed E-state index contributed by atoms with van der Waals surface area (Å²) >= 11 is 0. The molecule has 0 bridgehead atoms. The van der Waals surface area contributed by atoms with Crippen LogP contribution in [-0.2, 0) is 4.74 Å². The van der Waals surface area contributed by atoms with E-state index in [-0.39, 0.29) is 17.9 Å². The molecule has 2 N–H and O–H groups in total. The summed E-state index contributed by atoms with van der Waals surface area (Å²) in [5.74, 6) is -0.324. The lowest BCUT2D eigenvalue weighted by Gasteiger charge is -2.11. The molecule has 1 saturated heterocycles. The second kappa shape index (κ2) is 4.94. The lowest BCUT2D eigenvalue weighted by molar-refractivity contribution is 0.189. The van der Waals surface area contributed by atoms with Crippen LogP contribution in [0.5, 0.6) is 0 Å². The molecule has 1 fully saturated rings. The van der Waals surface area contributed by atoms with Crippen LogP contribution in [0.4, 0.5) is 14.9 Å². The Kier molecular flexibility index (Phi) is 3.36. The van der Waals surface area contributed by atoms with Gasteiger partial charge in [0.05, 0.1) is 12.6 Å². The largest absolute Gasteiger partial charge is 0.379 e. The summed E-state index contributed by atoms with van der Waals surface area (Å²) in [6, 6.07) is 5.41. The van der Waals surface area contributed by atoms with Gasteiger partial charge in [0.25, 0.3) is 0 Å². The first-order valence-corrected chi connectivity index (χ1v) is 5.15. The molecule has 1 heterocycles. The summed E-state index contributed by atoms with van der Waals surface area (Å²) < 4.78 is 17.7. The van der Waals surface area contributed by atoms with E-state index < -0.39 is 0 Å². The maximum Gasteiger partial charge on any atom is 0.319 e. The van der Waals surface area contributed by atoms with Gasteiger partial charge in [-0.15, -0.1) is 0 Å². The third kappa shape index (κ3) is 2.93. The zero-order valence-electron chi connectivity index (χ0n) is 8.70. The molecule has 0 aliphatic carbocycles. The Labute approximate surface area is 92.8 Å². The van der Waals surface area contributed by atoms with Gasteiger partial charge in [0.15, 0.2) is 0 Å². The molecule has 2 rings (SSSR count). The van der Waals surface area contributed by atoms with E-state index in [2.05, 4.69) is 10.6 Å². The molecule has 0 aromatic heterocycles. The van der Waals surface area contributed by atoms with E-state index in [0.29, 0.717) is 18.9 Å². The number of halogens is 1. The monoisotopic (exact) mass is 224 g/mol. The van der Waals surface area contributed by atoms with Crippen LogP contribution in [0.25, 0.3) is 0 Å². The van der Waals surface area contributed by atoms with Crippen LogP contribution in [0.2, 0.25) is 0 Å². The molecule has 1 atom stereocenters. The Morgan fingerprint density at radius 1 is 1.38 bits per heavy atom. The van der Waals surface area contributed by atoms with Crippen LogP contribution >= 0.6 is 0 Å². The van der Waals surface area contributed by atoms with Crippen molar-refractivity contribution >= 4 is 11.7 Å². The van der Waals surface area contributed by atoms with Gasteiger partial charge in [0.2, 0.25) is 0 Å². The molecule has 16 heavy (non-hydrogen) atoms. The maximum absolute atomic E-state index is 12.6. The Morgan fingerprint density at radius 2 is 2.12 bits per heavy atom. The smallest absolute Gasteiger partial charge is 0.319 e. The number of anilines is 1. The number of carbonyl (C=O) groups is 1. The van der Waals surface area contributed by atoms with Crippen LogP contribution in [0.3, 0.4) is 0 Å². The molecule has 1 aromatic rings. The lowest BCUT2D eigenvalue weighted by Crippen LogP contribution is -2.38. The van der Waals surface area contributed by atoms with E-state index >= 15 is 0 Å². The molecule has 0 saturated carbocycles. The maximum atomic E-state index is 12.6. The summed E-state index contributed by atoms with van der Waals surface area (Å²) in [5, 5.41) is 5.40. The third-order valence-electron chi connectivity index (χ3n) is 2.37. The highest BCUT2D eigenvalue weighted by Gasteiger charge is 2.17. The van der Waals surface area contributed by atoms with E-state index in [4.69, 9.17) is 4.74 Å². The van der Waals surface area contributed by atoms with Crippen molar-refractivity contribution in [2.45, 2.75) is 12.5 Å². The van der Waals surface area contributed by atoms with Crippen LogP contribution in [-0.4, -0.2) is 25.3 Å². The van der Waals surface area contributed by atoms with E-state index in [1.807, 2.05) is 0 Å². The first-order chi connectivity index (χ1) is 7.74. The number of ether oxygens (including phenoxy) is 1. The number of nitrogens with one attached hydrogen (secondary N) is 2. The van der Waals surface area contributed by atoms with Gasteiger partial charge in [-0.05, 0) is 30.7 Å². The summed E-state index contributed by atoms with van der Waals surface area (Å²) in [5.41, 5.74) is 0.567. The normalized spacial score (nSPS) is 19.4. The average Bonchev–Trinajstić information content (AvgIpc) is 2.74. The van der Waals surface area contributed by atoms with Crippen molar-refractivity contribution in [2.75, 3.05) is 18.5 Å². The van der Waals surface area contributed by atoms with Gasteiger partial charge in [-0.3, -0.25) is 0 Å². The van der Waals surface area contributed by atoms with Gasteiger partial charge in [-0.25, -0.2) is 9.18 Å². The van der Waals surface area contributed by atoms with Gasteiger partial charge < -0.3 is 15.4 Å². The standard InChI is InChI=1S/C11H13FN2O2/c12-8-1-3-9(4-2-8)13-11(15)14-10-5-6-16-7-10/h1-4,10H,5-7H2,(H2,13,14,15). The van der Waals surface area contributed by atoms with E-state index in [9.17, 15) is 9.18 Å². The van der Waals surface area contributed by atoms with Gasteiger partial charge in [0.1, 0.15) is 5.82 Å². The van der Waals surface area contributed by atoms with E-state index in [0.717, 1.165) is 6.42 Å². The SMILES string of the molecule is O=C(Nc1ccc(F)cc1)NC1CCOC1. The lowest BCUT2D eigenvalue weighted by atomic mass is 10.3. The Balaban J connectivity index is 1.84. The van der Waals surface area contributed by atoms with Crippen LogP contribution in [0, 0.1) is 5.82 Å². The molecule has 1 aromatic carbocycles. The van der Waals surface area contributed by atoms with Crippen molar-refractivity contribution in [3.63, 3.8) is 0 Å². The predicted octanol–water partition coefficient (Wildman–Crippen LogP) is 1.74. The van der Waals surface area contributed by atoms with E-state index in [1.165, 1.54) is 24.3 Å². The number of urea groups is 1. The van der Waals surface area contributed by atoms with Crippen molar-refractivity contribution in [1.82, 2.24) is 5.32 Å². The van der Waals surface area contributed by atoms with Crippen molar-refractivity contribution in [3.05, 3.63) is 30.1 Å². The zero-order chi connectivity index (χ0) is 11.4. The molecule has 1 aliphatic rings. The van der Waals surface area contributed by atoms with Crippen LogP contribution < -0.4 is 10.6 Å². The molecule has 1 unspecified atom stereocenters.